The van der Waals surface area contributed by atoms with Crippen LogP contribution in [0.1, 0.15) is 25.7 Å². The maximum Gasteiger partial charge on any atom is 0.0836 e. The molecule has 16 heavy (non-hydrogen) atoms. The molecule has 0 amide bonds. The summed E-state index contributed by atoms with van der Waals surface area (Å²) in [6.07, 6.45) is 7.67. The molecule has 5 heteroatoms. The van der Waals surface area contributed by atoms with Crippen LogP contribution in [0.3, 0.4) is 0 Å². The average molecular weight is 260 g/mol. The minimum absolute atomic E-state index is 0.115. The fourth-order valence-electron chi connectivity index (χ4n) is 2.10. The summed E-state index contributed by atoms with van der Waals surface area (Å²) in [6.45, 7) is 0.705. The minimum Gasteiger partial charge on any atom is -0.381 e. The van der Waals surface area contributed by atoms with Crippen LogP contribution in [0.5, 0.6) is 0 Å². The first-order valence-corrected chi connectivity index (χ1v) is 6.18. The van der Waals surface area contributed by atoms with Gasteiger partial charge in [-0.2, -0.15) is 0 Å². The number of anilines is 1. The van der Waals surface area contributed by atoms with Crippen LogP contribution in [0, 0.1) is 0 Å². The van der Waals surface area contributed by atoms with E-state index in [0.717, 1.165) is 18.5 Å². The van der Waals surface area contributed by atoms with Crippen LogP contribution in [0.15, 0.2) is 12.4 Å². The average Bonchev–Trinajstić information content (AvgIpc) is 2.65. The molecule has 88 valence electrons. The van der Waals surface area contributed by atoms with Crippen molar-refractivity contribution in [3.8, 4) is 0 Å². The molecule has 1 aromatic rings. The molecule has 0 radical (unpaired) electrons. The summed E-state index contributed by atoms with van der Waals surface area (Å²) in [4.78, 5) is 3.91. The zero-order valence-corrected chi connectivity index (χ0v) is 10.5. The highest BCUT2D eigenvalue weighted by atomic mass is 35.5. The third-order valence-corrected chi connectivity index (χ3v) is 3.64. The number of pyridine rings is 1. The van der Waals surface area contributed by atoms with E-state index >= 15 is 0 Å². The molecule has 2 rings (SSSR count). The van der Waals surface area contributed by atoms with Crippen LogP contribution in [-0.4, -0.2) is 17.1 Å². The Labute approximate surface area is 105 Å². The lowest BCUT2D eigenvalue weighted by Gasteiger charge is -2.25. The number of nitrogens with two attached hydrogens (primary N) is 1. The highest BCUT2D eigenvalue weighted by Crippen LogP contribution is 2.31. The van der Waals surface area contributed by atoms with Crippen molar-refractivity contribution >= 4 is 28.9 Å². The molecule has 1 aliphatic rings. The Morgan fingerprint density at radius 3 is 2.38 bits per heavy atom. The van der Waals surface area contributed by atoms with Crippen LogP contribution in [0.25, 0.3) is 0 Å². The Balaban J connectivity index is 2.04. The van der Waals surface area contributed by atoms with Crippen LogP contribution in [0.4, 0.5) is 5.69 Å². The summed E-state index contributed by atoms with van der Waals surface area (Å²) >= 11 is 12.0. The second-order valence-electron chi connectivity index (χ2n) is 4.40. The maximum atomic E-state index is 6.24. The molecule has 0 spiro atoms. The SMILES string of the molecule is NC1(CNc2c(Cl)cncc2Cl)CCCC1. The smallest absolute Gasteiger partial charge is 0.0836 e. The van der Waals surface area contributed by atoms with Crippen molar-refractivity contribution in [3.05, 3.63) is 22.4 Å². The molecule has 1 fully saturated rings. The summed E-state index contributed by atoms with van der Waals surface area (Å²) in [7, 11) is 0. The van der Waals surface area contributed by atoms with Gasteiger partial charge in [0.05, 0.1) is 15.7 Å². The minimum atomic E-state index is -0.115. The Morgan fingerprint density at radius 1 is 1.25 bits per heavy atom. The fraction of sp³-hybridized carbons (Fsp3) is 0.545. The number of aromatic nitrogens is 1. The van der Waals surface area contributed by atoms with Gasteiger partial charge in [-0.25, -0.2) is 0 Å². The van der Waals surface area contributed by atoms with Crippen molar-refractivity contribution in [1.29, 1.82) is 0 Å². The third-order valence-electron chi connectivity index (χ3n) is 3.07. The fourth-order valence-corrected chi connectivity index (χ4v) is 2.60. The Morgan fingerprint density at radius 2 is 1.81 bits per heavy atom. The molecule has 0 atom stereocenters. The first-order chi connectivity index (χ1) is 7.61. The Kier molecular flexibility index (Phi) is 3.57. The predicted molar refractivity (Wildman–Crippen MR) is 68.1 cm³/mol. The standard InChI is InChI=1S/C11H15Cl2N3/c12-8-5-15-6-9(13)10(8)16-7-11(14)3-1-2-4-11/h5-6H,1-4,7,14H2,(H,15,16). The lowest BCUT2D eigenvalue weighted by atomic mass is 9.99. The number of hydrogen-bond acceptors (Lipinski definition) is 3. The van der Waals surface area contributed by atoms with Crippen molar-refractivity contribution in [3.63, 3.8) is 0 Å². The number of halogens is 2. The quantitative estimate of drug-likeness (QED) is 0.878. The van der Waals surface area contributed by atoms with Gasteiger partial charge in [-0.15, -0.1) is 0 Å². The van der Waals surface area contributed by atoms with Crippen LogP contribution in [-0.2, 0) is 0 Å². The van der Waals surface area contributed by atoms with Crippen molar-refractivity contribution in [1.82, 2.24) is 4.98 Å². The lowest BCUT2D eigenvalue weighted by molar-refractivity contribution is 0.464. The molecule has 1 aromatic heterocycles. The summed E-state index contributed by atoms with van der Waals surface area (Å²) in [5.41, 5.74) is 6.86. The van der Waals surface area contributed by atoms with Crippen LogP contribution in [0.2, 0.25) is 10.0 Å². The van der Waals surface area contributed by atoms with Gasteiger partial charge in [0.1, 0.15) is 0 Å². The van der Waals surface area contributed by atoms with Gasteiger partial charge in [0.15, 0.2) is 0 Å². The van der Waals surface area contributed by atoms with Gasteiger partial charge in [-0.3, -0.25) is 4.98 Å². The van der Waals surface area contributed by atoms with E-state index in [2.05, 4.69) is 10.3 Å². The van der Waals surface area contributed by atoms with Crippen molar-refractivity contribution in [2.75, 3.05) is 11.9 Å². The molecular weight excluding hydrogens is 245 g/mol. The van der Waals surface area contributed by atoms with E-state index in [0.29, 0.717) is 16.6 Å². The summed E-state index contributed by atoms with van der Waals surface area (Å²) < 4.78 is 0. The number of rotatable bonds is 3. The van der Waals surface area contributed by atoms with Gasteiger partial charge < -0.3 is 11.1 Å². The van der Waals surface area contributed by atoms with Crippen LogP contribution >= 0.6 is 23.2 Å². The molecule has 0 saturated heterocycles. The lowest BCUT2D eigenvalue weighted by Crippen LogP contribution is -2.43. The van der Waals surface area contributed by atoms with E-state index in [1.807, 2.05) is 0 Å². The van der Waals surface area contributed by atoms with Gasteiger partial charge in [0, 0.05) is 24.5 Å². The molecule has 1 heterocycles. The van der Waals surface area contributed by atoms with E-state index in [4.69, 9.17) is 28.9 Å². The highest BCUT2D eigenvalue weighted by Gasteiger charge is 2.29. The first kappa shape index (κ1) is 12.0. The molecule has 1 aliphatic carbocycles. The Bertz CT molecular complexity index is 355. The van der Waals surface area contributed by atoms with Gasteiger partial charge in [-0.1, -0.05) is 36.0 Å². The highest BCUT2D eigenvalue weighted by molar-refractivity contribution is 6.38. The van der Waals surface area contributed by atoms with Crippen molar-refractivity contribution in [2.45, 2.75) is 31.2 Å². The van der Waals surface area contributed by atoms with Gasteiger partial charge >= 0.3 is 0 Å². The number of hydrogen-bond donors (Lipinski definition) is 2. The van der Waals surface area contributed by atoms with Crippen LogP contribution < -0.4 is 11.1 Å². The van der Waals surface area contributed by atoms with E-state index in [9.17, 15) is 0 Å². The van der Waals surface area contributed by atoms with E-state index in [-0.39, 0.29) is 5.54 Å². The molecular formula is C11H15Cl2N3. The molecule has 0 unspecified atom stereocenters. The molecule has 1 saturated carbocycles. The first-order valence-electron chi connectivity index (χ1n) is 5.42. The molecule has 3 nitrogen and oxygen atoms in total. The zero-order chi connectivity index (χ0) is 11.6. The molecule has 0 bridgehead atoms. The number of nitrogens with zero attached hydrogens (tertiary/aromatic N) is 1. The summed E-state index contributed by atoms with van der Waals surface area (Å²) in [6, 6.07) is 0. The van der Waals surface area contributed by atoms with Gasteiger partial charge in [0.2, 0.25) is 0 Å². The van der Waals surface area contributed by atoms with E-state index in [1.54, 1.807) is 12.4 Å². The topological polar surface area (TPSA) is 50.9 Å². The Hall–Kier alpha value is -0.510. The maximum absolute atomic E-state index is 6.24. The van der Waals surface area contributed by atoms with Gasteiger partial charge in [0.25, 0.3) is 0 Å². The summed E-state index contributed by atoms with van der Waals surface area (Å²) in [5.74, 6) is 0. The molecule has 0 aromatic carbocycles. The van der Waals surface area contributed by atoms with Gasteiger partial charge in [-0.05, 0) is 12.8 Å². The monoisotopic (exact) mass is 259 g/mol. The second-order valence-corrected chi connectivity index (χ2v) is 5.22. The largest absolute Gasteiger partial charge is 0.381 e. The predicted octanol–water partition coefficient (Wildman–Crippen LogP) is 3.07. The molecule has 3 N–H and O–H groups in total. The normalized spacial score (nSPS) is 18.7. The van der Waals surface area contributed by atoms with Crippen molar-refractivity contribution in [2.24, 2.45) is 5.73 Å². The van der Waals surface area contributed by atoms with Crippen molar-refractivity contribution < 1.29 is 0 Å². The van der Waals surface area contributed by atoms with E-state index < -0.39 is 0 Å². The van der Waals surface area contributed by atoms with E-state index in [1.165, 1.54) is 12.8 Å². The second kappa shape index (κ2) is 4.78. The number of nitrogens with one attached hydrogen (secondary N) is 1. The zero-order valence-electron chi connectivity index (χ0n) is 8.97. The molecule has 0 aliphatic heterocycles. The summed E-state index contributed by atoms with van der Waals surface area (Å²) in [5, 5.41) is 4.31. The third kappa shape index (κ3) is 2.59.